The molecule has 0 aliphatic carbocycles. The zero-order valence-electron chi connectivity index (χ0n) is 13.6. The van der Waals surface area contributed by atoms with Gasteiger partial charge in [-0.15, -0.1) is 0 Å². The molecule has 7 heteroatoms. The quantitative estimate of drug-likeness (QED) is 0.545. The average Bonchev–Trinajstić information content (AvgIpc) is 3.01. The first-order valence-corrected chi connectivity index (χ1v) is 8.31. The number of nitrogens with zero attached hydrogens (tertiary/aromatic N) is 3. The summed E-state index contributed by atoms with van der Waals surface area (Å²) in [6, 6.07) is 5.58. The molecule has 0 fully saturated rings. The van der Waals surface area contributed by atoms with Crippen LogP contribution in [0.5, 0.6) is 0 Å². The number of carbonyl (C=O) groups is 1. The van der Waals surface area contributed by atoms with Gasteiger partial charge in [0.2, 0.25) is 5.91 Å². The minimum atomic E-state index is 0.00575. The largest absolute Gasteiger partial charge is 0.467 e. The number of hydrogen-bond acceptors (Lipinski definition) is 6. The molecule has 0 bridgehead atoms. The minimum Gasteiger partial charge on any atom is -0.467 e. The number of hydrogen-bond donors (Lipinski definition) is 0. The minimum absolute atomic E-state index is 0.00575. The van der Waals surface area contributed by atoms with Crippen molar-refractivity contribution in [3.63, 3.8) is 0 Å². The van der Waals surface area contributed by atoms with Gasteiger partial charge >= 0.3 is 0 Å². The van der Waals surface area contributed by atoms with Crippen LogP contribution in [0.1, 0.15) is 17.1 Å². The fraction of sp³-hybridized carbons (Fsp3) is 0.438. The standard InChI is InChI=1S/C16H21N3O3S/c1-12-9-13(2)18-16(17-12)23-11-15(20)19(6-8-21-3)10-14-5-4-7-22-14/h4-5,7,9H,6,8,10-11H2,1-3H3. The summed E-state index contributed by atoms with van der Waals surface area (Å²) in [7, 11) is 1.62. The molecule has 124 valence electrons. The molecule has 0 saturated heterocycles. The smallest absolute Gasteiger partial charge is 0.233 e. The van der Waals surface area contributed by atoms with Gasteiger partial charge in [-0.25, -0.2) is 9.97 Å². The van der Waals surface area contributed by atoms with Gasteiger partial charge in [0.25, 0.3) is 0 Å². The van der Waals surface area contributed by atoms with E-state index in [2.05, 4.69) is 9.97 Å². The third kappa shape index (κ3) is 5.69. The molecular formula is C16H21N3O3S. The number of methoxy groups -OCH3 is 1. The van der Waals surface area contributed by atoms with Gasteiger partial charge in [0.15, 0.2) is 5.16 Å². The molecule has 0 spiro atoms. The number of furan rings is 1. The van der Waals surface area contributed by atoms with Crippen LogP contribution in [-0.2, 0) is 16.1 Å². The Kier molecular flexibility index (Phi) is 6.61. The second-order valence-electron chi connectivity index (χ2n) is 5.11. The predicted molar refractivity (Wildman–Crippen MR) is 88.2 cm³/mol. The zero-order valence-corrected chi connectivity index (χ0v) is 14.4. The van der Waals surface area contributed by atoms with Crippen molar-refractivity contribution in [3.05, 3.63) is 41.6 Å². The third-order valence-corrected chi connectivity index (χ3v) is 3.96. The van der Waals surface area contributed by atoms with Crippen LogP contribution in [0.15, 0.2) is 34.0 Å². The van der Waals surface area contributed by atoms with Crippen LogP contribution in [0, 0.1) is 13.8 Å². The Morgan fingerprint density at radius 3 is 2.70 bits per heavy atom. The molecule has 6 nitrogen and oxygen atoms in total. The molecule has 0 saturated carbocycles. The maximum Gasteiger partial charge on any atom is 0.233 e. The topological polar surface area (TPSA) is 68.5 Å². The lowest BCUT2D eigenvalue weighted by Crippen LogP contribution is -2.34. The molecular weight excluding hydrogens is 314 g/mol. The number of rotatable bonds is 8. The summed E-state index contributed by atoms with van der Waals surface area (Å²) >= 11 is 1.35. The fourth-order valence-corrected chi connectivity index (χ4v) is 2.91. The molecule has 0 atom stereocenters. The Morgan fingerprint density at radius 2 is 2.09 bits per heavy atom. The van der Waals surface area contributed by atoms with Gasteiger partial charge < -0.3 is 14.1 Å². The highest BCUT2D eigenvalue weighted by molar-refractivity contribution is 7.99. The Hall–Kier alpha value is -1.86. The summed E-state index contributed by atoms with van der Waals surface area (Å²) in [5.41, 5.74) is 1.80. The SMILES string of the molecule is COCCN(Cc1ccco1)C(=O)CSc1nc(C)cc(C)n1. The molecule has 2 aromatic heterocycles. The van der Waals surface area contributed by atoms with E-state index in [1.54, 1.807) is 18.3 Å². The highest BCUT2D eigenvalue weighted by atomic mass is 32.2. The molecule has 0 radical (unpaired) electrons. The molecule has 0 unspecified atom stereocenters. The number of carbonyl (C=O) groups excluding carboxylic acids is 1. The van der Waals surface area contributed by atoms with Crippen molar-refractivity contribution < 1.29 is 13.9 Å². The van der Waals surface area contributed by atoms with Crippen molar-refractivity contribution in [3.8, 4) is 0 Å². The van der Waals surface area contributed by atoms with Crippen LogP contribution in [0.3, 0.4) is 0 Å². The van der Waals surface area contributed by atoms with E-state index in [-0.39, 0.29) is 11.7 Å². The average molecular weight is 335 g/mol. The summed E-state index contributed by atoms with van der Waals surface area (Å²) in [5.74, 6) is 1.04. The maximum atomic E-state index is 12.5. The lowest BCUT2D eigenvalue weighted by atomic mass is 10.4. The second kappa shape index (κ2) is 8.69. The van der Waals surface area contributed by atoms with E-state index in [1.165, 1.54) is 11.8 Å². The molecule has 1 amide bonds. The molecule has 0 aromatic carbocycles. The van der Waals surface area contributed by atoms with E-state index in [4.69, 9.17) is 9.15 Å². The Bertz CT molecular complexity index is 611. The van der Waals surface area contributed by atoms with E-state index in [9.17, 15) is 4.79 Å². The van der Waals surface area contributed by atoms with Gasteiger partial charge in [-0.2, -0.15) is 0 Å². The number of aromatic nitrogens is 2. The van der Waals surface area contributed by atoms with Gasteiger partial charge in [-0.05, 0) is 32.0 Å². The van der Waals surface area contributed by atoms with Gasteiger partial charge in [-0.1, -0.05) is 11.8 Å². The number of amides is 1. The summed E-state index contributed by atoms with van der Waals surface area (Å²) in [4.78, 5) is 22.9. The fourth-order valence-electron chi connectivity index (χ4n) is 2.06. The number of thioether (sulfide) groups is 1. The van der Waals surface area contributed by atoms with Crippen LogP contribution in [0.4, 0.5) is 0 Å². The predicted octanol–water partition coefficient (Wildman–Crippen LogP) is 2.45. The van der Waals surface area contributed by atoms with E-state index in [1.807, 2.05) is 32.0 Å². The molecule has 0 N–H and O–H groups in total. The third-order valence-electron chi connectivity index (χ3n) is 3.13. The van der Waals surface area contributed by atoms with Crippen molar-refractivity contribution in [1.29, 1.82) is 0 Å². The summed E-state index contributed by atoms with van der Waals surface area (Å²) < 4.78 is 10.4. The molecule has 0 aliphatic rings. The van der Waals surface area contributed by atoms with Gasteiger partial charge in [0.1, 0.15) is 5.76 Å². The molecule has 23 heavy (non-hydrogen) atoms. The van der Waals surface area contributed by atoms with E-state index in [0.717, 1.165) is 17.1 Å². The number of ether oxygens (including phenoxy) is 1. The summed E-state index contributed by atoms with van der Waals surface area (Å²) in [5, 5.41) is 0.626. The molecule has 2 rings (SSSR count). The van der Waals surface area contributed by atoms with E-state index >= 15 is 0 Å². The lowest BCUT2D eigenvalue weighted by molar-refractivity contribution is -0.129. The first kappa shape index (κ1) is 17.5. The van der Waals surface area contributed by atoms with Crippen molar-refractivity contribution >= 4 is 17.7 Å². The van der Waals surface area contributed by atoms with Gasteiger partial charge in [-0.3, -0.25) is 4.79 Å². The number of aryl methyl sites for hydroxylation is 2. The van der Waals surface area contributed by atoms with Crippen LogP contribution in [0.25, 0.3) is 0 Å². The molecule has 2 heterocycles. The Balaban J connectivity index is 1.96. The Morgan fingerprint density at radius 1 is 1.35 bits per heavy atom. The normalized spacial score (nSPS) is 10.7. The van der Waals surface area contributed by atoms with Crippen molar-refractivity contribution in [1.82, 2.24) is 14.9 Å². The molecule has 0 aliphatic heterocycles. The van der Waals surface area contributed by atoms with Gasteiger partial charge in [0.05, 0.1) is 25.2 Å². The first-order valence-electron chi connectivity index (χ1n) is 7.32. The Labute approximate surface area is 140 Å². The van der Waals surface area contributed by atoms with E-state index < -0.39 is 0 Å². The second-order valence-corrected chi connectivity index (χ2v) is 6.05. The zero-order chi connectivity index (χ0) is 16.7. The maximum absolute atomic E-state index is 12.5. The lowest BCUT2D eigenvalue weighted by Gasteiger charge is -2.21. The van der Waals surface area contributed by atoms with Crippen molar-refractivity contribution in [2.45, 2.75) is 25.5 Å². The van der Waals surface area contributed by atoms with Crippen molar-refractivity contribution in [2.75, 3.05) is 26.0 Å². The van der Waals surface area contributed by atoms with Crippen LogP contribution in [-0.4, -0.2) is 46.8 Å². The van der Waals surface area contributed by atoms with Crippen LogP contribution in [0.2, 0.25) is 0 Å². The van der Waals surface area contributed by atoms with Crippen molar-refractivity contribution in [2.24, 2.45) is 0 Å². The van der Waals surface area contributed by atoms with Gasteiger partial charge in [0, 0.05) is 25.0 Å². The van der Waals surface area contributed by atoms with E-state index in [0.29, 0.717) is 24.9 Å². The summed E-state index contributed by atoms with van der Waals surface area (Å²) in [6.45, 7) is 5.27. The highest BCUT2D eigenvalue weighted by Gasteiger charge is 2.16. The monoisotopic (exact) mass is 335 g/mol. The van der Waals surface area contributed by atoms with Crippen LogP contribution < -0.4 is 0 Å². The molecule has 2 aromatic rings. The summed E-state index contributed by atoms with van der Waals surface area (Å²) in [6.07, 6.45) is 1.60. The highest BCUT2D eigenvalue weighted by Crippen LogP contribution is 2.16. The first-order chi connectivity index (χ1) is 11.1. The van der Waals surface area contributed by atoms with Crippen LogP contribution >= 0.6 is 11.8 Å².